The Balaban J connectivity index is 1.86. The molecule has 3 aromatic rings. The van der Waals surface area contributed by atoms with Crippen molar-refractivity contribution in [3.63, 3.8) is 0 Å². The fourth-order valence-electron chi connectivity index (χ4n) is 2.44. The Labute approximate surface area is 130 Å². The highest BCUT2D eigenvalue weighted by Crippen LogP contribution is 2.19. The van der Waals surface area contributed by atoms with Gasteiger partial charge in [-0.05, 0) is 22.9 Å². The number of hydrogen-bond acceptors (Lipinski definition) is 2. The van der Waals surface area contributed by atoms with Crippen LogP contribution in [0.2, 0.25) is 0 Å². The van der Waals surface area contributed by atoms with Crippen LogP contribution in [0.1, 0.15) is 11.1 Å². The summed E-state index contributed by atoms with van der Waals surface area (Å²) in [5.41, 5.74) is 8.10. The van der Waals surface area contributed by atoms with E-state index in [2.05, 4.69) is 29.3 Å². The number of benzene rings is 3. The molecule has 0 aliphatic carbocycles. The molecule has 0 spiro atoms. The standard InChI is InChI=1S/C19H18N2O/c1-22-18-9-5-4-8-17(18)13-21-19(20)16-11-10-14-6-2-3-7-15(14)12-16/h2-12H,13H2,1H3,(H2,20,21)/i1-1. The molecule has 3 rings (SSSR count). The van der Waals surface area contributed by atoms with Crippen LogP contribution in [0.15, 0.2) is 71.7 Å². The molecule has 0 saturated heterocycles. The summed E-state index contributed by atoms with van der Waals surface area (Å²) >= 11 is 0. The van der Waals surface area contributed by atoms with Crippen molar-refractivity contribution in [1.29, 1.82) is 0 Å². The van der Waals surface area contributed by atoms with Crippen LogP contribution in [0.5, 0.6) is 5.75 Å². The molecule has 0 aliphatic rings. The molecule has 0 atom stereocenters. The van der Waals surface area contributed by atoms with Gasteiger partial charge >= 0.3 is 0 Å². The molecule has 110 valence electrons. The van der Waals surface area contributed by atoms with E-state index in [1.54, 1.807) is 7.11 Å². The quantitative estimate of drug-likeness (QED) is 0.587. The summed E-state index contributed by atoms with van der Waals surface area (Å²) in [6.07, 6.45) is 0. The second-order valence-corrected chi connectivity index (χ2v) is 5.08. The van der Waals surface area contributed by atoms with Crippen LogP contribution in [0, 0.1) is 0 Å². The number of ether oxygens (including phenoxy) is 1. The van der Waals surface area contributed by atoms with E-state index in [1.807, 2.05) is 42.5 Å². The molecule has 0 aromatic heterocycles. The van der Waals surface area contributed by atoms with E-state index in [-0.39, 0.29) is 0 Å². The van der Waals surface area contributed by atoms with Crippen molar-refractivity contribution in [1.82, 2.24) is 0 Å². The first-order chi connectivity index (χ1) is 10.8. The number of amidine groups is 1. The number of nitrogens with two attached hydrogens (primary N) is 1. The largest absolute Gasteiger partial charge is 0.496 e. The van der Waals surface area contributed by atoms with E-state index in [0.717, 1.165) is 22.3 Å². The number of methoxy groups -OCH3 is 1. The smallest absolute Gasteiger partial charge is 0.125 e. The molecule has 0 fully saturated rings. The van der Waals surface area contributed by atoms with Crippen molar-refractivity contribution < 1.29 is 4.74 Å². The van der Waals surface area contributed by atoms with Crippen molar-refractivity contribution in [3.05, 3.63) is 77.9 Å². The molecule has 3 aromatic carbocycles. The van der Waals surface area contributed by atoms with E-state index in [4.69, 9.17) is 10.5 Å². The summed E-state index contributed by atoms with van der Waals surface area (Å²) in [6, 6.07) is 22.2. The molecular formula is C19H18N2O. The number of hydrogen-bond donors (Lipinski definition) is 1. The van der Waals surface area contributed by atoms with E-state index < -0.39 is 0 Å². The summed E-state index contributed by atoms with van der Waals surface area (Å²) in [5.74, 6) is 1.37. The molecule has 3 heteroatoms. The first kappa shape index (κ1) is 14.1. The summed E-state index contributed by atoms with van der Waals surface area (Å²) in [6.45, 7) is 0.503. The highest BCUT2D eigenvalue weighted by molar-refractivity contribution is 6.01. The number of para-hydroxylation sites is 1. The van der Waals surface area contributed by atoms with Crippen LogP contribution in [0.3, 0.4) is 0 Å². The van der Waals surface area contributed by atoms with Crippen LogP contribution in [0.4, 0.5) is 0 Å². The van der Waals surface area contributed by atoms with Gasteiger partial charge in [0.05, 0.1) is 13.7 Å². The maximum Gasteiger partial charge on any atom is 0.125 e. The van der Waals surface area contributed by atoms with Crippen molar-refractivity contribution >= 4 is 16.6 Å². The molecular weight excluding hydrogens is 271 g/mol. The number of fused-ring (bicyclic) bond motifs is 1. The molecule has 3 nitrogen and oxygen atoms in total. The number of aliphatic imine (C=N–C) groups is 1. The van der Waals surface area contributed by atoms with Gasteiger partial charge in [-0.15, -0.1) is 0 Å². The van der Waals surface area contributed by atoms with Gasteiger partial charge in [-0.3, -0.25) is 4.99 Å². The third kappa shape index (κ3) is 2.93. The number of rotatable bonds is 4. The van der Waals surface area contributed by atoms with Crippen LogP contribution in [-0.2, 0) is 6.54 Å². The fourth-order valence-corrected chi connectivity index (χ4v) is 2.44. The minimum Gasteiger partial charge on any atom is -0.496 e. The van der Waals surface area contributed by atoms with Gasteiger partial charge in [0.15, 0.2) is 0 Å². The van der Waals surface area contributed by atoms with Gasteiger partial charge in [-0.2, -0.15) is 0 Å². The lowest BCUT2D eigenvalue weighted by Crippen LogP contribution is -2.13. The summed E-state index contributed by atoms with van der Waals surface area (Å²) in [4.78, 5) is 4.49. The lowest BCUT2D eigenvalue weighted by molar-refractivity contribution is 0.410. The van der Waals surface area contributed by atoms with Crippen molar-refractivity contribution in [3.8, 4) is 5.75 Å². The topological polar surface area (TPSA) is 47.6 Å². The average Bonchev–Trinajstić information content (AvgIpc) is 2.59. The first-order valence-corrected chi connectivity index (χ1v) is 7.19. The lowest BCUT2D eigenvalue weighted by Gasteiger charge is -2.07. The van der Waals surface area contributed by atoms with Gasteiger partial charge in [-0.1, -0.05) is 54.6 Å². The number of nitrogens with zero attached hydrogens (tertiary/aromatic N) is 1. The summed E-state index contributed by atoms with van der Waals surface area (Å²) in [7, 11) is 1.66. The van der Waals surface area contributed by atoms with E-state index in [0.29, 0.717) is 12.4 Å². The Morgan fingerprint density at radius 2 is 1.68 bits per heavy atom. The highest BCUT2D eigenvalue weighted by atomic mass is 16.4. The van der Waals surface area contributed by atoms with Gasteiger partial charge < -0.3 is 10.5 Å². The molecule has 0 unspecified atom stereocenters. The fraction of sp³-hybridized carbons (Fsp3) is 0.105. The minimum atomic E-state index is 0.503. The van der Waals surface area contributed by atoms with E-state index >= 15 is 0 Å². The van der Waals surface area contributed by atoms with Gasteiger partial charge in [0.2, 0.25) is 0 Å². The van der Waals surface area contributed by atoms with E-state index in [9.17, 15) is 0 Å². The Morgan fingerprint density at radius 3 is 2.50 bits per heavy atom. The molecule has 0 aliphatic heterocycles. The zero-order valence-corrected chi connectivity index (χ0v) is 12.5. The second kappa shape index (κ2) is 6.31. The maximum atomic E-state index is 6.13. The monoisotopic (exact) mass is 289 g/mol. The van der Waals surface area contributed by atoms with E-state index in [1.165, 1.54) is 5.39 Å². The lowest BCUT2D eigenvalue weighted by atomic mass is 10.1. The Morgan fingerprint density at radius 1 is 0.955 bits per heavy atom. The van der Waals surface area contributed by atoms with Gasteiger partial charge in [0.25, 0.3) is 0 Å². The van der Waals surface area contributed by atoms with Crippen LogP contribution in [0.25, 0.3) is 10.8 Å². The highest BCUT2D eigenvalue weighted by Gasteiger charge is 2.03. The minimum absolute atomic E-state index is 0.503. The van der Waals surface area contributed by atoms with Crippen LogP contribution >= 0.6 is 0 Å². The Bertz CT molecular complexity index is 824. The predicted octanol–water partition coefficient (Wildman–Crippen LogP) is 3.75. The van der Waals surface area contributed by atoms with Crippen molar-refractivity contribution in [2.75, 3.05) is 7.11 Å². The molecule has 0 bridgehead atoms. The van der Waals surface area contributed by atoms with Gasteiger partial charge in [-0.25, -0.2) is 0 Å². The maximum absolute atomic E-state index is 6.13. The second-order valence-electron chi connectivity index (χ2n) is 5.08. The zero-order valence-electron chi connectivity index (χ0n) is 12.5. The molecule has 0 heterocycles. The zero-order chi connectivity index (χ0) is 15.4. The van der Waals surface area contributed by atoms with Crippen molar-refractivity contribution in [2.24, 2.45) is 10.7 Å². The third-order valence-electron chi connectivity index (χ3n) is 3.66. The molecule has 22 heavy (non-hydrogen) atoms. The van der Waals surface area contributed by atoms with Gasteiger partial charge in [0.1, 0.15) is 11.6 Å². The normalized spacial score (nSPS) is 11.6. The SMILES string of the molecule is [11CH3]Oc1ccccc1CN=C(N)c1ccc2ccccc2c1. The van der Waals surface area contributed by atoms with Gasteiger partial charge in [0, 0.05) is 11.1 Å². The predicted molar refractivity (Wildman–Crippen MR) is 91.4 cm³/mol. The summed E-state index contributed by atoms with van der Waals surface area (Å²) < 4.78 is 5.33. The Hall–Kier alpha value is -2.81. The molecule has 2 N–H and O–H groups in total. The van der Waals surface area contributed by atoms with Crippen molar-refractivity contribution in [2.45, 2.75) is 6.54 Å². The third-order valence-corrected chi connectivity index (χ3v) is 3.66. The Kier molecular flexibility index (Phi) is 4.05. The molecule has 0 radical (unpaired) electrons. The molecule has 0 saturated carbocycles. The first-order valence-electron chi connectivity index (χ1n) is 7.19. The van der Waals surface area contributed by atoms with Crippen LogP contribution < -0.4 is 10.5 Å². The summed E-state index contributed by atoms with van der Waals surface area (Å²) in [5, 5.41) is 2.36. The average molecular weight is 289 g/mol. The molecule has 0 amide bonds. The van der Waals surface area contributed by atoms with Crippen LogP contribution in [-0.4, -0.2) is 12.9 Å².